The van der Waals surface area contributed by atoms with Crippen molar-refractivity contribution in [3.05, 3.63) is 47.3 Å². The Bertz CT molecular complexity index is 537. The second-order valence-electron chi connectivity index (χ2n) is 5.04. The molecule has 1 N–H and O–H groups in total. The molecule has 5 heteroatoms. The highest BCUT2D eigenvalue weighted by Gasteiger charge is 2.05. The summed E-state index contributed by atoms with van der Waals surface area (Å²) in [5, 5.41) is 7.16. The molecule has 0 aliphatic rings. The Balaban J connectivity index is 1.85. The van der Waals surface area contributed by atoms with E-state index in [1.165, 1.54) is 5.56 Å². The summed E-state index contributed by atoms with van der Waals surface area (Å²) in [5.74, 6) is 1.53. The van der Waals surface area contributed by atoms with Crippen molar-refractivity contribution in [3.63, 3.8) is 0 Å². The van der Waals surface area contributed by atoms with Crippen molar-refractivity contribution in [2.24, 2.45) is 0 Å². The van der Waals surface area contributed by atoms with Gasteiger partial charge in [0.1, 0.15) is 24.7 Å². The van der Waals surface area contributed by atoms with E-state index in [1.807, 2.05) is 25.2 Å². The van der Waals surface area contributed by atoms with E-state index in [2.05, 4.69) is 29.5 Å². The highest BCUT2D eigenvalue weighted by molar-refractivity contribution is 5.28. The quantitative estimate of drug-likeness (QED) is 0.809. The minimum Gasteiger partial charge on any atom is -0.487 e. The first-order chi connectivity index (χ1) is 10.2. The highest BCUT2D eigenvalue weighted by atomic mass is 16.5. The maximum Gasteiger partial charge on any atom is 0.162 e. The molecule has 1 heterocycles. The van der Waals surface area contributed by atoms with Crippen LogP contribution in [0.3, 0.4) is 0 Å². The van der Waals surface area contributed by atoms with E-state index < -0.39 is 0 Å². The van der Waals surface area contributed by atoms with Gasteiger partial charge in [0, 0.05) is 19.2 Å². The molecule has 0 saturated heterocycles. The first-order valence-corrected chi connectivity index (χ1v) is 7.03. The fraction of sp³-hybridized carbons (Fsp3) is 0.438. The number of rotatable bonds is 8. The molecule has 1 aromatic heterocycles. The Kier molecular flexibility index (Phi) is 5.78. The lowest BCUT2D eigenvalue weighted by Crippen LogP contribution is -2.23. The summed E-state index contributed by atoms with van der Waals surface area (Å²) < 4.78 is 15.8. The SMILES string of the molecule is CNC(C)Cc1ccc(OCc2cc(COC)on2)cc1. The molecule has 0 spiro atoms. The molecule has 114 valence electrons. The minimum atomic E-state index is 0.388. The van der Waals surface area contributed by atoms with Crippen LogP contribution in [-0.2, 0) is 24.4 Å². The van der Waals surface area contributed by atoms with Crippen LogP contribution in [0.4, 0.5) is 0 Å². The van der Waals surface area contributed by atoms with E-state index in [-0.39, 0.29) is 0 Å². The second-order valence-corrected chi connectivity index (χ2v) is 5.04. The van der Waals surface area contributed by atoms with E-state index >= 15 is 0 Å². The molecule has 1 aromatic carbocycles. The second kappa shape index (κ2) is 7.81. The van der Waals surface area contributed by atoms with E-state index in [0.29, 0.717) is 25.0 Å². The van der Waals surface area contributed by atoms with Gasteiger partial charge in [-0.15, -0.1) is 0 Å². The molecule has 0 bridgehead atoms. The lowest BCUT2D eigenvalue weighted by molar-refractivity contribution is 0.155. The van der Waals surface area contributed by atoms with Crippen molar-refractivity contribution in [1.29, 1.82) is 0 Å². The van der Waals surface area contributed by atoms with Gasteiger partial charge in [-0.05, 0) is 38.1 Å². The van der Waals surface area contributed by atoms with Gasteiger partial charge in [-0.25, -0.2) is 0 Å². The molecule has 0 radical (unpaired) electrons. The van der Waals surface area contributed by atoms with Gasteiger partial charge in [-0.3, -0.25) is 0 Å². The van der Waals surface area contributed by atoms with Crippen LogP contribution in [0.1, 0.15) is 23.9 Å². The largest absolute Gasteiger partial charge is 0.487 e. The molecule has 2 aromatic rings. The Morgan fingerprint density at radius 2 is 2.00 bits per heavy atom. The average Bonchev–Trinajstić information content (AvgIpc) is 2.94. The fourth-order valence-corrected chi connectivity index (χ4v) is 1.97. The summed E-state index contributed by atoms with van der Waals surface area (Å²) >= 11 is 0. The third kappa shape index (κ3) is 4.88. The lowest BCUT2D eigenvalue weighted by Gasteiger charge is -2.10. The monoisotopic (exact) mass is 290 g/mol. The van der Waals surface area contributed by atoms with Crippen LogP contribution in [0.25, 0.3) is 0 Å². The van der Waals surface area contributed by atoms with Crippen molar-refractivity contribution in [2.75, 3.05) is 14.2 Å². The maximum atomic E-state index is 5.69. The molecule has 0 fully saturated rings. The summed E-state index contributed by atoms with van der Waals surface area (Å²) in [5.41, 5.74) is 2.04. The zero-order valence-corrected chi connectivity index (χ0v) is 12.8. The Morgan fingerprint density at radius 3 is 2.67 bits per heavy atom. The standard InChI is InChI=1S/C16H22N2O3/c1-12(17-2)8-13-4-6-15(7-5-13)20-10-14-9-16(11-19-3)21-18-14/h4-7,9,12,17H,8,10-11H2,1-3H3. The molecular weight excluding hydrogens is 268 g/mol. The van der Waals surface area contributed by atoms with E-state index in [0.717, 1.165) is 17.9 Å². The van der Waals surface area contributed by atoms with Crippen LogP contribution < -0.4 is 10.1 Å². The molecule has 0 amide bonds. The number of methoxy groups -OCH3 is 1. The lowest BCUT2D eigenvalue weighted by atomic mass is 10.1. The number of benzene rings is 1. The van der Waals surface area contributed by atoms with Gasteiger partial charge in [-0.2, -0.15) is 0 Å². The summed E-state index contributed by atoms with van der Waals surface area (Å²) in [7, 11) is 3.59. The summed E-state index contributed by atoms with van der Waals surface area (Å²) in [6.07, 6.45) is 1.00. The Labute approximate surface area is 125 Å². The molecule has 21 heavy (non-hydrogen) atoms. The average molecular weight is 290 g/mol. The zero-order chi connectivity index (χ0) is 15.1. The number of hydrogen-bond acceptors (Lipinski definition) is 5. The molecule has 0 aliphatic heterocycles. The van der Waals surface area contributed by atoms with Gasteiger partial charge in [0.25, 0.3) is 0 Å². The first kappa shape index (κ1) is 15.5. The van der Waals surface area contributed by atoms with Gasteiger partial charge in [0.05, 0.1) is 0 Å². The Hall–Kier alpha value is -1.85. The molecule has 1 unspecified atom stereocenters. The molecular formula is C16H22N2O3. The maximum absolute atomic E-state index is 5.69. The number of aromatic nitrogens is 1. The van der Waals surface area contributed by atoms with Gasteiger partial charge in [-0.1, -0.05) is 17.3 Å². The highest BCUT2D eigenvalue weighted by Crippen LogP contribution is 2.15. The smallest absolute Gasteiger partial charge is 0.162 e. The van der Waals surface area contributed by atoms with Gasteiger partial charge < -0.3 is 19.3 Å². The van der Waals surface area contributed by atoms with Crippen molar-refractivity contribution in [1.82, 2.24) is 10.5 Å². The van der Waals surface area contributed by atoms with Gasteiger partial charge >= 0.3 is 0 Å². The molecule has 0 aliphatic carbocycles. The number of nitrogens with zero attached hydrogens (tertiary/aromatic N) is 1. The summed E-state index contributed by atoms with van der Waals surface area (Å²) in [4.78, 5) is 0. The fourth-order valence-electron chi connectivity index (χ4n) is 1.97. The van der Waals surface area contributed by atoms with E-state index in [9.17, 15) is 0 Å². The van der Waals surface area contributed by atoms with Crippen LogP contribution in [0.5, 0.6) is 5.75 Å². The van der Waals surface area contributed by atoms with E-state index in [4.69, 9.17) is 14.0 Å². The number of ether oxygens (including phenoxy) is 2. The van der Waals surface area contributed by atoms with Gasteiger partial charge in [0.2, 0.25) is 0 Å². The minimum absolute atomic E-state index is 0.388. The van der Waals surface area contributed by atoms with Crippen LogP contribution in [0.15, 0.2) is 34.9 Å². The zero-order valence-electron chi connectivity index (χ0n) is 12.8. The number of likely N-dealkylation sites (N-methyl/N-ethyl adjacent to an activating group) is 1. The van der Waals surface area contributed by atoms with Crippen molar-refractivity contribution >= 4 is 0 Å². The normalized spacial score (nSPS) is 12.3. The van der Waals surface area contributed by atoms with Crippen LogP contribution in [-0.4, -0.2) is 25.4 Å². The van der Waals surface area contributed by atoms with Crippen LogP contribution >= 0.6 is 0 Å². The third-order valence-corrected chi connectivity index (χ3v) is 3.24. The molecule has 2 rings (SSSR count). The van der Waals surface area contributed by atoms with Crippen molar-refractivity contribution in [3.8, 4) is 5.75 Å². The topological polar surface area (TPSA) is 56.5 Å². The molecule has 1 atom stereocenters. The first-order valence-electron chi connectivity index (χ1n) is 7.03. The van der Waals surface area contributed by atoms with Crippen molar-refractivity contribution in [2.45, 2.75) is 32.6 Å². The predicted octanol–water partition coefficient (Wildman–Crippen LogP) is 2.55. The van der Waals surface area contributed by atoms with Gasteiger partial charge in [0.15, 0.2) is 5.76 Å². The predicted molar refractivity (Wildman–Crippen MR) is 80.2 cm³/mol. The van der Waals surface area contributed by atoms with Crippen molar-refractivity contribution < 1.29 is 14.0 Å². The summed E-state index contributed by atoms with van der Waals surface area (Å²) in [6, 6.07) is 10.4. The Morgan fingerprint density at radius 1 is 1.24 bits per heavy atom. The molecule has 5 nitrogen and oxygen atoms in total. The number of hydrogen-bond donors (Lipinski definition) is 1. The molecule has 0 saturated carbocycles. The van der Waals surface area contributed by atoms with Crippen LogP contribution in [0.2, 0.25) is 0 Å². The third-order valence-electron chi connectivity index (χ3n) is 3.24. The van der Waals surface area contributed by atoms with Crippen LogP contribution in [0, 0.1) is 0 Å². The summed E-state index contributed by atoms with van der Waals surface area (Å²) in [6.45, 7) is 2.97. The van der Waals surface area contributed by atoms with E-state index in [1.54, 1.807) is 7.11 Å². The number of nitrogens with one attached hydrogen (secondary N) is 1.